The van der Waals surface area contributed by atoms with Crippen LogP contribution < -0.4 is 15.8 Å². The van der Waals surface area contributed by atoms with Gasteiger partial charge in [-0.1, -0.05) is 13.3 Å². The van der Waals surface area contributed by atoms with E-state index in [-0.39, 0.29) is 24.0 Å². The molecule has 0 spiro atoms. The molecule has 0 aromatic carbocycles. The molecule has 0 saturated heterocycles. The molecule has 0 fully saturated rings. The molecule has 0 aliphatic carbocycles. The van der Waals surface area contributed by atoms with E-state index in [1.54, 1.807) is 6.92 Å². The van der Waals surface area contributed by atoms with Crippen molar-refractivity contribution in [3.63, 3.8) is 0 Å². The zero-order valence-corrected chi connectivity index (χ0v) is 14.0. The number of nitrogens with two attached hydrogens (primary N) is 1. The molecule has 1 heterocycles. The first-order chi connectivity index (χ1) is 10.6. The molecule has 5 nitrogen and oxygen atoms in total. The fourth-order valence-electron chi connectivity index (χ4n) is 1.68. The third-order valence-electron chi connectivity index (χ3n) is 3.01. The minimum atomic E-state index is -4.25. The van der Waals surface area contributed by atoms with Gasteiger partial charge in [-0.2, -0.15) is 8.78 Å². The second kappa shape index (κ2) is 9.03. The molecule has 0 aliphatic heterocycles. The Labute approximate surface area is 143 Å². The number of rotatable bonds is 8. The number of hydrogen-bond acceptors (Lipinski definition) is 4. The lowest BCUT2D eigenvalue weighted by Gasteiger charge is -2.22. The molecule has 10 heteroatoms. The van der Waals surface area contributed by atoms with Crippen LogP contribution in [-0.4, -0.2) is 35.4 Å². The molecule has 0 saturated carbocycles. The lowest BCUT2D eigenvalue weighted by molar-refractivity contribution is -0.148. The number of carbonyl (C=O) groups excluding carboxylic acids is 1. The lowest BCUT2D eigenvalue weighted by Crippen LogP contribution is -2.48. The van der Waals surface area contributed by atoms with Crippen molar-refractivity contribution in [3.8, 4) is 5.88 Å². The minimum Gasteiger partial charge on any atom is -0.471 e. The lowest BCUT2D eigenvalue weighted by atomic mass is 9.96. The summed E-state index contributed by atoms with van der Waals surface area (Å²) in [6, 6.07) is 2.54. The molecular formula is C14H20ClF4N3O2. The number of anilines is 1. The van der Waals surface area contributed by atoms with Gasteiger partial charge < -0.3 is 15.8 Å². The quantitative estimate of drug-likeness (QED) is 0.686. The maximum absolute atomic E-state index is 12.7. The van der Waals surface area contributed by atoms with Crippen molar-refractivity contribution in [1.29, 1.82) is 0 Å². The third kappa shape index (κ3) is 6.48. The largest absolute Gasteiger partial charge is 0.471 e. The number of halogens is 5. The molecule has 138 valence electrons. The number of pyridine rings is 1. The normalized spacial score (nSPS) is 13.8. The fraction of sp³-hybridized carbons (Fsp3) is 0.571. The van der Waals surface area contributed by atoms with Crippen LogP contribution in [-0.2, 0) is 4.79 Å². The van der Waals surface area contributed by atoms with Gasteiger partial charge >= 0.3 is 12.3 Å². The van der Waals surface area contributed by atoms with Crippen LogP contribution in [0.25, 0.3) is 0 Å². The Morgan fingerprint density at radius 1 is 1.42 bits per heavy atom. The average Bonchev–Trinajstić information content (AvgIpc) is 2.46. The Kier molecular flexibility index (Phi) is 8.42. The van der Waals surface area contributed by atoms with Crippen molar-refractivity contribution in [1.82, 2.24) is 4.98 Å². The van der Waals surface area contributed by atoms with E-state index in [9.17, 15) is 22.4 Å². The Hall–Kier alpha value is -1.61. The molecule has 3 N–H and O–H groups in total. The van der Waals surface area contributed by atoms with Crippen LogP contribution in [0, 0.1) is 0 Å². The van der Waals surface area contributed by atoms with Gasteiger partial charge in [0.2, 0.25) is 11.8 Å². The number of nitrogens with one attached hydrogen (secondary N) is 1. The number of carbonyl (C=O) groups is 1. The first-order valence-electron chi connectivity index (χ1n) is 6.93. The van der Waals surface area contributed by atoms with Crippen molar-refractivity contribution < 1.29 is 27.1 Å². The van der Waals surface area contributed by atoms with Gasteiger partial charge in [0.05, 0.1) is 17.4 Å². The highest BCUT2D eigenvalue weighted by molar-refractivity contribution is 5.97. The predicted octanol–water partition coefficient (Wildman–Crippen LogP) is 3.24. The topological polar surface area (TPSA) is 77.2 Å². The molecule has 1 rings (SSSR count). The summed E-state index contributed by atoms with van der Waals surface area (Å²) >= 11 is 0. The van der Waals surface area contributed by atoms with Crippen LogP contribution in [0.5, 0.6) is 5.88 Å². The predicted molar refractivity (Wildman–Crippen MR) is 84.1 cm³/mol. The zero-order chi connectivity index (χ0) is 17.7. The maximum atomic E-state index is 12.7. The van der Waals surface area contributed by atoms with E-state index in [1.807, 2.05) is 6.92 Å². The number of nitrogens with zero attached hydrogens (tertiary/aromatic N) is 1. The Morgan fingerprint density at radius 3 is 2.50 bits per heavy atom. The van der Waals surface area contributed by atoms with Crippen LogP contribution in [0.3, 0.4) is 0 Å². The highest BCUT2D eigenvalue weighted by atomic mass is 35.5. The number of alkyl halides is 4. The third-order valence-corrected chi connectivity index (χ3v) is 3.01. The van der Waals surface area contributed by atoms with Gasteiger partial charge in [-0.05, 0) is 19.4 Å². The van der Waals surface area contributed by atoms with E-state index in [2.05, 4.69) is 15.0 Å². The molecule has 1 atom stereocenters. The zero-order valence-electron chi connectivity index (χ0n) is 13.2. The van der Waals surface area contributed by atoms with E-state index in [0.717, 1.165) is 12.6 Å². The SMILES string of the molecule is CCCC(C)(N)C(=O)Nc1ccc(OCC(F)(F)C(F)F)nc1.Cl. The Bertz CT molecular complexity index is 527. The highest BCUT2D eigenvalue weighted by Crippen LogP contribution is 2.24. The van der Waals surface area contributed by atoms with E-state index >= 15 is 0 Å². The van der Waals surface area contributed by atoms with Crippen molar-refractivity contribution in [2.24, 2.45) is 5.73 Å². The highest BCUT2D eigenvalue weighted by Gasteiger charge is 2.41. The van der Waals surface area contributed by atoms with Crippen molar-refractivity contribution in [2.75, 3.05) is 11.9 Å². The van der Waals surface area contributed by atoms with Gasteiger partial charge in [-0.15, -0.1) is 12.4 Å². The summed E-state index contributed by atoms with van der Waals surface area (Å²) in [4.78, 5) is 15.6. The van der Waals surface area contributed by atoms with Gasteiger partial charge in [-0.3, -0.25) is 4.79 Å². The van der Waals surface area contributed by atoms with Crippen LogP contribution in [0.1, 0.15) is 26.7 Å². The molecule has 1 aromatic rings. The second-order valence-electron chi connectivity index (χ2n) is 5.36. The molecule has 24 heavy (non-hydrogen) atoms. The van der Waals surface area contributed by atoms with Crippen LogP contribution in [0.15, 0.2) is 18.3 Å². The molecule has 0 aliphatic rings. The summed E-state index contributed by atoms with van der Waals surface area (Å²) in [5.41, 5.74) is 5.10. The summed E-state index contributed by atoms with van der Waals surface area (Å²) < 4.78 is 53.9. The number of aromatic nitrogens is 1. The van der Waals surface area contributed by atoms with Crippen LogP contribution >= 0.6 is 12.4 Å². The molecular weight excluding hydrogens is 354 g/mol. The summed E-state index contributed by atoms with van der Waals surface area (Å²) in [7, 11) is 0. The van der Waals surface area contributed by atoms with E-state index in [1.165, 1.54) is 12.1 Å². The van der Waals surface area contributed by atoms with Crippen molar-refractivity contribution >= 4 is 24.0 Å². The average molecular weight is 374 g/mol. The van der Waals surface area contributed by atoms with E-state index < -0.39 is 30.4 Å². The molecule has 0 radical (unpaired) electrons. The summed E-state index contributed by atoms with van der Waals surface area (Å²) in [6.45, 7) is 1.99. The van der Waals surface area contributed by atoms with Crippen molar-refractivity contribution in [3.05, 3.63) is 18.3 Å². The number of ether oxygens (including phenoxy) is 1. The van der Waals surface area contributed by atoms with Crippen molar-refractivity contribution in [2.45, 2.75) is 44.6 Å². The molecule has 1 aromatic heterocycles. The molecule has 1 amide bonds. The summed E-state index contributed by atoms with van der Waals surface area (Å²) in [5.74, 6) is -4.93. The molecule has 0 bridgehead atoms. The van der Waals surface area contributed by atoms with Gasteiger partial charge in [0, 0.05) is 6.07 Å². The Morgan fingerprint density at radius 2 is 2.04 bits per heavy atom. The fourth-order valence-corrected chi connectivity index (χ4v) is 1.68. The van der Waals surface area contributed by atoms with Gasteiger partial charge in [0.15, 0.2) is 6.61 Å². The van der Waals surface area contributed by atoms with E-state index in [4.69, 9.17) is 5.73 Å². The summed E-state index contributed by atoms with van der Waals surface area (Å²) in [6.07, 6.45) is -1.45. The monoisotopic (exact) mass is 373 g/mol. The first-order valence-corrected chi connectivity index (χ1v) is 6.93. The Balaban J connectivity index is 0.00000529. The van der Waals surface area contributed by atoms with Crippen LogP contribution in [0.4, 0.5) is 23.2 Å². The smallest absolute Gasteiger partial charge is 0.340 e. The maximum Gasteiger partial charge on any atom is 0.340 e. The van der Waals surface area contributed by atoms with E-state index in [0.29, 0.717) is 6.42 Å². The first kappa shape index (κ1) is 22.4. The standard InChI is InChI=1S/C14H19F4N3O2.ClH/c1-3-6-13(2,19)12(22)21-9-4-5-10(20-7-9)23-8-14(17,18)11(15)16;/h4-5,7,11H,3,6,8,19H2,1-2H3,(H,21,22);1H. The second-order valence-corrected chi connectivity index (χ2v) is 5.36. The van der Waals surface area contributed by atoms with Gasteiger partial charge in [0.25, 0.3) is 0 Å². The van der Waals surface area contributed by atoms with Crippen LogP contribution in [0.2, 0.25) is 0 Å². The molecule has 1 unspecified atom stereocenters. The number of amides is 1. The minimum absolute atomic E-state index is 0. The van der Waals surface area contributed by atoms with Gasteiger partial charge in [-0.25, -0.2) is 13.8 Å². The number of hydrogen-bond donors (Lipinski definition) is 2. The summed E-state index contributed by atoms with van der Waals surface area (Å²) in [5, 5.41) is 2.53. The van der Waals surface area contributed by atoms with Gasteiger partial charge in [0.1, 0.15) is 0 Å².